The van der Waals surface area contributed by atoms with Gasteiger partial charge in [0.05, 0.1) is 16.4 Å². The molecule has 0 aromatic heterocycles. The lowest BCUT2D eigenvalue weighted by atomic mass is 9.98. The van der Waals surface area contributed by atoms with Crippen LogP contribution in [0.1, 0.15) is 18.4 Å². The SMILES string of the molecule is O=C(COC(=O)C1CCN(S(=O)(=O)c2ccccc2C(F)(F)F)CC1)Nc1ccc2c(c1)OCCO2. The van der Waals surface area contributed by atoms with E-state index in [0.717, 1.165) is 16.4 Å². The van der Waals surface area contributed by atoms with E-state index in [9.17, 15) is 31.2 Å². The summed E-state index contributed by atoms with van der Waals surface area (Å²) in [4.78, 5) is 23.8. The molecule has 2 aliphatic rings. The molecule has 1 N–H and O–H groups in total. The maximum absolute atomic E-state index is 13.3. The maximum Gasteiger partial charge on any atom is 0.417 e. The highest BCUT2D eigenvalue weighted by molar-refractivity contribution is 7.89. The molecule has 1 saturated heterocycles. The number of ether oxygens (including phenoxy) is 3. The summed E-state index contributed by atoms with van der Waals surface area (Å²) in [5.74, 6) is -0.906. The predicted octanol–water partition coefficient (Wildman–Crippen LogP) is 3.06. The Balaban J connectivity index is 1.29. The smallest absolute Gasteiger partial charge is 0.417 e. The number of nitrogens with zero attached hydrogens (tertiary/aromatic N) is 1. The Labute approximate surface area is 205 Å². The molecule has 13 heteroatoms. The average molecular weight is 529 g/mol. The third-order valence-electron chi connectivity index (χ3n) is 5.77. The van der Waals surface area contributed by atoms with E-state index in [4.69, 9.17) is 14.2 Å². The molecule has 0 bridgehead atoms. The Bertz CT molecular complexity index is 1240. The van der Waals surface area contributed by atoms with Crippen molar-refractivity contribution in [1.29, 1.82) is 0 Å². The molecule has 0 atom stereocenters. The minimum Gasteiger partial charge on any atom is -0.486 e. The van der Waals surface area contributed by atoms with E-state index in [0.29, 0.717) is 36.5 Å². The average Bonchev–Trinajstić information content (AvgIpc) is 2.87. The van der Waals surface area contributed by atoms with E-state index in [1.807, 2.05) is 0 Å². The zero-order valence-corrected chi connectivity index (χ0v) is 19.7. The number of piperidine rings is 1. The second-order valence-electron chi connectivity index (χ2n) is 8.19. The largest absolute Gasteiger partial charge is 0.486 e. The number of halogens is 3. The number of rotatable bonds is 6. The van der Waals surface area contributed by atoms with Crippen LogP contribution >= 0.6 is 0 Å². The summed E-state index contributed by atoms with van der Waals surface area (Å²) in [5, 5.41) is 2.58. The predicted molar refractivity (Wildman–Crippen MR) is 120 cm³/mol. The van der Waals surface area contributed by atoms with Crippen LogP contribution < -0.4 is 14.8 Å². The minimum absolute atomic E-state index is 0.0516. The molecule has 0 spiro atoms. The monoisotopic (exact) mass is 528 g/mol. The fraction of sp³-hybridized carbons (Fsp3) is 0.391. The molecule has 194 valence electrons. The van der Waals surface area contributed by atoms with E-state index in [1.165, 1.54) is 6.07 Å². The highest BCUT2D eigenvalue weighted by Crippen LogP contribution is 2.36. The first-order chi connectivity index (χ1) is 17.1. The molecule has 0 aliphatic carbocycles. The summed E-state index contributed by atoms with van der Waals surface area (Å²) in [6.07, 6.45) is -4.72. The van der Waals surface area contributed by atoms with Crippen LogP contribution in [0.15, 0.2) is 47.4 Å². The van der Waals surface area contributed by atoms with E-state index in [-0.39, 0.29) is 25.9 Å². The second-order valence-corrected chi connectivity index (χ2v) is 10.1. The molecule has 0 unspecified atom stereocenters. The number of hydrogen-bond donors (Lipinski definition) is 1. The lowest BCUT2D eigenvalue weighted by Crippen LogP contribution is -2.41. The lowest BCUT2D eigenvalue weighted by Gasteiger charge is -2.30. The van der Waals surface area contributed by atoms with Gasteiger partial charge in [-0.05, 0) is 37.1 Å². The number of carbonyl (C=O) groups excluding carboxylic acids is 2. The number of fused-ring (bicyclic) bond motifs is 1. The molecule has 2 aromatic carbocycles. The van der Waals surface area contributed by atoms with Crippen molar-refractivity contribution in [2.75, 3.05) is 38.2 Å². The highest BCUT2D eigenvalue weighted by Gasteiger charge is 2.40. The van der Waals surface area contributed by atoms with Gasteiger partial charge in [0.25, 0.3) is 5.91 Å². The number of alkyl halides is 3. The van der Waals surface area contributed by atoms with E-state index >= 15 is 0 Å². The number of sulfonamides is 1. The van der Waals surface area contributed by atoms with Crippen LogP contribution in [0.4, 0.5) is 18.9 Å². The zero-order valence-electron chi connectivity index (χ0n) is 18.9. The van der Waals surface area contributed by atoms with Gasteiger partial charge in [-0.25, -0.2) is 8.42 Å². The van der Waals surface area contributed by atoms with Crippen LogP contribution in [0.25, 0.3) is 0 Å². The van der Waals surface area contributed by atoms with Crippen molar-refractivity contribution >= 4 is 27.6 Å². The van der Waals surface area contributed by atoms with Gasteiger partial charge in [-0.2, -0.15) is 17.5 Å². The van der Waals surface area contributed by atoms with Crippen LogP contribution in [0, 0.1) is 5.92 Å². The molecule has 2 aliphatic heterocycles. The number of anilines is 1. The molecule has 0 saturated carbocycles. The molecular formula is C23H23F3N2O7S. The Morgan fingerprint density at radius 3 is 2.39 bits per heavy atom. The van der Waals surface area contributed by atoms with Gasteiger partial charge in [0.15, 0.2) is 18.1 Å². The van der Waals surface area contributed by atoms with Crippen molar-refractivity contribution in [2.24, 2.45) is 5.92 Å². The first-order valence-corrected chi connectivity index (χ1v) is 12.5. The molecule has 0 radical (unpaired) electrons. The van der Waals surface area contributed by atoms with Gasteiger partial charge in [-0.1, -0.05) is 12.1 Å². The molecule has 2 heterocycles. The van der Waals surface area contributed by atoms with Crippen LogP contribution in [-0.4, -0.2) is 57.5 Å². The number of carbonyl (C=O) groups is 2. The second kappa shape index (κ2) is 10.3. The molecule has 1 amide bonds. The van der Waals surface area contributed by atoms with Crippen LogP contribution in [-0.2, 0) is 30.5 Å². The quantitative estimate of drug-likeness (QED) is 0.574. The summed E-state index contributed by atoms with van der Waals surface area (Å²) >= 11 is 0. The molecule has 2 aromatic rings. The van der Waals surface area contributed by atoms with Crippen LogP contribution in [0.2, 0.25) is 0 Å². The summed E-state index contributed by atoms with van der Waals surface area (Å²) in [7, 11) is -4.41. The minimum atomic E-state index is -4.83. The van der Waals surface area contributed by atoms with Gasteiger partial charge in [0.2, 0.25) is 10.0 Å². The van der Waals surface area contributed by atoms with Crippen molar-refractivity contribution in [1.82, 2.24) is 4.31 Å². The van der Waals surface area contributed by atoms with E-state index in [1.54, 1.807) is 18.2 Å². The zero-order chi connectivity index (χ0) is 25.9. The fourth-order valence-electron chi connectivity index (χ4n) is 3.97. The standard InChI is InChI=1S/C23H23F3N2O7S/c24-23(25,26)17-3-1-2-4-20(17)36(31,32)28-9-7-15(8-10-28)22(30)35-14-21(29)27-16-5-6-18-19(13-16)34-12-11-33-18/h1-6,13,15H,7-12,14H2,(H,27,29). The van der Waals surface area contributed by atoms with Crippen molar-refractivity contribution in [3.8, 4) is 11.5 Å². The summed E-state index contributed by atoms with van der Waals surface area (Å²) < 4.78 is 82.4. The highest BCUT2D eigenvalue weighted by atomic mass is 32.2. The van der Waals surface area contributed by atoms with Crippen molar-refractivity contribution in [3.63, 3.8) is 0 Å². The van der Waals surface area contributed by atoms with Crippen molar-refractivity contribution in [2.45, 2.75) is 23.9 Å². The number of benzene rings is 2. The number of nitrogens with one attached hydrogen (secondary N) is 1. The van der Waals surface area contributed by atoms with Crippen LogP contribution in [0.5, 0.6) is 11.5 Å². The molecular weight excluding hydrogens is 505 g/mol. The molecule has 9 nitrogen and oxygen atoms in total. The number of hydrogen-bond acceptors (Lipinski definition) is 7. The Morgan fingerprint density at radius 1 is 1.03 bits per heavy atom. The lowest BCUT2D eigenvalue weighted by molar-refractivity contribution is -0.152. The van der Waals surface area contributed by atoms with Crippen LogP contribution in [0.3, 0.4) is 0 Å². The molecule has 36 heavy (non-hydrogen) atoms. The number of esters is 1. The van der Waals surface area contributed by atoms with Gasteiger partial charge in [-0.3, -0.25) is 9.59 Å². The molecule has 1 fully saturated rings. The third kappa shape index (κ3) is 5.73. The van der Waals surface area contributed by atoms with E-state index < -0.39 is 51.1 Å². The van der Waals surface area contributed by atoms with Crippen molar-refractivity contribution < 1.29 is 45.4 Å². The first-order valence-electron chi connectivity index (χ1n) is 11.1. The Kier molecular flexibility index (Phi) is 7.41. The maximum atomic E-state index is 13.3. The molecule has 4 rings (SSSR count). The van der Waals surface area contributed by atoms with E-state index in [2.05, 4.69) is 5.32 Å². The van der Waals surface area contributed by atoms with Gasteiger partial charge in [-0.15, -0.1) is 0 Å². The van der Waals surface area contributed by atoms with Crippen molar-refractivity contribution in [3.05, 3.63) is 48.0 Å². The van der Waals surface area contributed by atoms with Gasteiger partial charge >= 0.3 is 12.1 Å². The third-order valence-corrected chi connectivity index (χ3v) is 7.73. The summed E-state index contributed by atoms with van der Waals surface area (Å²) in [6.45, 7) is -0.0442. The van der Waals surface area contributed by atoms with Gasteiger partial charge < -0.3 is 19.5 Å². The van der Waals surface area contributed by atoms with Gasteiger partial charge in [0, 0.05) is 24.8 Å². The fourth-order valence-corrected chi connectivity index (χ4v) is 5.65. The van der Waals surface area contributed by atoms with Gasteiger partial charge in [0.1, 0.15) is 13.2 Å². The Hall–Kier alpha value is -3.32. The summed E-state index contributed by atoms with van der Waals surface area (Å²) in [5.41, 5.74) is -0.812. The Morgan fingerprint density at radius 2 is 1.69 bits per heavy atom. The first kappa shape index (κ1) is 25.8. The topological polar surface area (TPSA) is 111 Å². The number of amides is 1. The normalized spacial score (nSPS) is 16.9. The summed E-state index contributed by atoms with van der Waals surface area (Å²) in [6, 6.07) is 8.81.